The van der Waals surface area contributed by atoms with Crippen molar-refractivity contribution in [1.29, 1.82) is 0 Å². The number of fused-ring (bicyclic) bond motifs is 1. The third-order valence-electron chi connectivity index (χ3n) is 4.54. The van der Waals surface area contributed by atoms with E-state index >= 15 is 0 Å². The average molecular weight is 455 g/mol. The number of aromatic nitrogens is 3. The number of halogens is 1. The van der Waals surface area contributed by atoms with Gasteiger partial charge in [0.1, 0.15) is 10.8 Å². The first kappa shape index (κ1) is 21.0. The Morgan fingerprint density at radius 1 is 1.19 bits per heavy atom. The number of hydrogen-bond acceptors (Lipinski definition) is 6. The Balaban J connectivity index is 1.41. The third kappa shape index (κ3) is 5.10. The highest BCUT2D eigenvalue weighted by Gasteiger charge is 2.12. The standard InChI is InChI=1S/C22H19ClN4O3S/c1-2-14-6-8-18(9-7-14)30-13-19(28)24-12-17-11-20(29)27-22(25-17)31-21(26-27)15-4-3-5-16(23)10-15/h3-11H,2,12-13H2,1H3,(H,24,28). The van der Waals surface area contributed by atoms with E-state index < -0.39 is 0 Å². The molecular weight excluding hydrogens is 436 g/mol. The summed E-state index contributed by atoms with van der Waals surface area (Å²) in [6, 6.07) is 16.2. The highest BCUT2D eigenvalue weighted by molar-refractivity contribution is 7.19. The molecule has 2 aromatic carbocycles. The lowest BCUT2D eigenvalue weighted by atomic mass is 10.2. The summed E-state index contributed by atoms with van der Waals surface area (Å²) in [6.45, 7) is 2.07. The van der Waals surface area contributed by atoms with Gasteiger partial charge in [0.2, 0.25) is 4.96 Å². The molecule has 2 aromatic heterocycles. The number of ether oxygens (including phenoxy) is 1. The molecule has 0 spiro atoms. The number of aryl methyl sites for hydroxylation is 1. The molecule has 4 aromatic rings. The van der Waals surface area contributed by atoms with E-state index in [0.29, 0.717) is 26.4 Å². The highest BCUT2D eigenvalue weighted by Crippen LogP contribution is 2.26. The number of benzene rings is 2. The predicted molar refractivity (Wildman–Crippen MR) is 121 cm³/mol. The van der Waals surface area contributed by atoms with Crippen LogP contribution in [0.1, 0.15) is 18.2 Å². The van der Waals surface area contributed by atoms with Gasteiger partial charge in [-0.3, -0.25) is 9.59 Å². The highest BCUT2D eigenvalue weighted by atomic mass is 35.5. The first-order valence-corrected chi connectivity index (χ1v) is 10.9. The maximum atomic E-state index is 12.4. The van der Waals surface area contributed by atoms with Crippen molar-refractivity contribution in [1.82, 2.24) is 19.9 Å². The van der Waals surface area contributed by atoms with Crippen LogP contribution >= 0.6 is 22.9 Å². The largest absolute Gasteiger partial charge is 0.484 e. The monoisotopic (exact) mass is 454 g/mol. The Morgan fingerprint density at radius 2 is 2.00 bits per heavy atom. The molecule has 1 amide bonds. The SMILES string of the molecule is CCc1ccc(OCC(=O)NCc2cc(=O)n3nc(-c4cccc(Cl)c4)sc3n2)cc1. The second-order valence-electron chi connectivity index (χ2n) is 6.76. The third-order valence-corrected chi connectivity index (χ3v) is 5.73. The van der Waals surface area contributed by atoms with Gasteiger partial charge in [0.05, 0.1) is 12.2 Å². The molecule has 7 nitrogen and oxygen atoms in total. The maximum Gasteiger partial charge on any atom is 0.275 e. The molecule has 0 radical (unpaired) electrons. The van der Waals surface area contributed by atoms with E-state index in [1.807, 2.05) is 36.4 Å². The van der Waals surface area contributed by atoms with Crippen LogP contribution in [0.2, 0.25) is 5.02 Å². The van der Waals surface area contributed by atoms with Crippen LogP contribution in [0.4, 0.5) is 0 Å². The van der Waals surface area contributed by atoms with Crippen molar-refractivity contribution in [2.45, 2.75) is 19.9 Å². The van der Waals surface area contributed by atoms with Gasteiger partial charge in [-0.05, 0) is 36.2 Å². The molecule has 0 aliphatic heterocycles. The molecule has 1 N–H and O–H groups in total. The van der Waals surface area contributed by atoms with Crippen LogP contribution in [-0.2, 0) is 17.8 Å². The van der Waals surface area contributed by atoms with E-state index in [4.69, 9.17) is 16.3 Å². The summed E-state index contributed by atoms with van der Waals surface area (Å²) in [7, 11) is 0. The molecule has 2 heterocycles. The Hall–Kier alpha value is -3.23. The van der Waals surface area contributed by atoms with E-state index in [-0.39, 0.29) is 24.6 Å². The van der Waals surface area contributed by atoms with Gasteiger partial charge < -0.3 is 10.1 Å². The van der Waals surface area contributed by atoms with Gasteiger partial charge in [0, 0.05) is 16.7 Å². The molecule has 0 saturated heterocycles. The molecule has 9 heteroatoms. The number of nitrogens with one attached hydrogen (secondary N) is 1. The average Bonchev–Trinajstić information content (AvgIpc) is 3.21. The summed E-state index contributed by atoms with van der Waals surface area (Å²) in [5.74, 6) is 0.328. The van der Waals surface area contributed by atoms with Crippen LogP contribution < -0.4 is 15.6 Å². The van der Waals surface area contributed by atoms with Gasteiger partial charge in [0.15, 0.2) is 6.61 Å². The second kappa shape index (κ2) is 9.28. The van der Waals surface area contributed by atoms with E-state index in [1.54, 1.807) is 12.1 Å². The van der Waals surface area contributed by atoms with Crippen molar-refractivity contribution in [2.75, 3.05) is 6.61 Å². The number of amides is 1. The summed E-state index contributed by atoms with van der Waals surface area (Å²) in [6.07, 6.45) is 0.943. The van der Waals surface area contributed by atoms with Gasteiger partial charge in [-0.15, -0.1) is 0 Å². The van der Waals surface area contributed by atoms with Crippen molar-refractivity contribution in [3.05, 3.63) is 81.2 Å². The lowest BCUT2D eigenvalue weighted by Crippen LogP contribution is -2.29. The molecule has 0 bridgehead atoms. The number of carbonyl (C=O) groups is 1. The van der Waals surface area contributed by atoms with Crippen molar-refractivity contribution >= 4 is 33.8 Å². The van der Waals surface area contributed by atoms with Gasteiger partial charge in [-0.25, -0.2) is 4.98 Å². The maximum absolute atomic E-state index is 12.4. The molecule has 0 aliphatic rings. The summed E-state index contributed by atoms with van der Waals surface area (Å²) >= 11 is 7.32. The Labute approximate surface area is 187 Å². The molecule has 0 fully saturated rings. The smallest absolute Gasteiger partial charge is 0.275 e. The van der Waals surface area contributed by atoms with E-state index in [2.05, 4.69) is 22.3 Å². The minimum Gasteiger partial charge on any atom is -0.484 e. The van der Waals surface area contributed by atoms with Gasteiger partial charge >= 0.3 is 0 Å². The molecule has 158 valence electrons. The Bertz CT molecular complexity index is 1280. The molecule has 0 atom stereocenters. The fourth-order valence-corrected chi connectivity index (χ4v) is 4.01. The zero-order valence-corrected chi connectivity index (χ0v) is 18.2. The van der Waals surface area contributed by atoms with Crippen LogP contribution in [0.5, 0.6) is 5.75 Å². The van der Waals surface area contributed by atoms with Crippen molar-refractivity contribution < 1.29 is 9.53 Å². The van der Waals surface area contributed by atoms with Gasteiger partial charge in [-0.1, -0.05) is 54.1 Å². The number of carbonyl (C=O) groups excluding carboxylic acids is 1. The lowest BCUT2D eigenvalue weighted by Gasteiger charge is -2.07. The van der Waals surface area contributed by atoms with Crippen molar-refractivity contribution in [2.24, 2.45) is 0 Å². The number of rotatable bonds is 7. The van der Waals surface area contributed by atoms with Crippen LogP contribution in [0.3, 0.4) is 0 Å². The summed E-state index contributed by atoms with van der Waals surface area (Å²) in [5.41, 5.74) is 2.14. The molecular formula is C22H19ClN4O3S. The zero-order valence-electron chi connectivity index (χ0n) is 16.7. The number of hydrogen-bond donors (Lipinski definition) is 1. The fraction of sp³-hybridized carbons (Fsp3) is 0.182. The quantitative estimate of drug-likeness (QED) is 0.460. The minimum atomic E-state index is -0.314. The second-order valence-corrected chi connectivity index (χ2v) is 8.15. The lowest BCUT2D eigenvalue weighted by molar-refractivity contribution is -0.123. The van der Waals surface area contributed by atoms with E-state index in [9.17, 15) is 9.59 Å². The van der Waals surface area contributed by atoms with Crippen molar-refractivity contribution in [3.8, 4) is 16.3 Å². The van der Waals surface area contributed by atoms with Gasteiger partial charge in [0.25, 0.3) is 11.5 Å². The number of nitrogens with zero attached hydrogens (tertiary/aromatic N) is 3. The van der Waals surface area contributed by atoms with E-state index in [1.165, 1.54) is 27.5 Å². The topological polar surface area (TPSA) is 85.6 Å². The Morgan fingerprint density at radius 3 is 2.74 bits per heavy atom. The zero-order chi connectivity index (χ0) is 21.8. The summed E-state index contributed by atoms with van der Waals surface area (Å²) in [4.78, 5) is 29.4. The van der Waals surface area contributed by atoms with Gasteiger partial charge in [-0.2, -0.15) is 9.61 Å². The van der Waals surface area contributed by atoms with Crippen LogP contribution in [0.25, 0.3) is 15.5 Å². The van der Waals surface area contributed by atoms with Crippen LogP contribution in [-0.4, -0.2) is 27.1 Å². The van der Waals surface area contributed by atoms with Crippen LogP contribution in [0, 0.1) is 0 Å². The van der Waals surface area contributed by atoms with E-state index in [0.717, 1.165) is 12.0 Å². The normalized spacial score (nSPS) is 10.9. The van der Waals surface area contributed by atoms with Crippen molar-refractivity contribution in [3.63, 3.8) is 0 Å². The molecule has 31 heavy (non-hydrogen) atoms. The summed E-state index contributed by atoms with van der Waals surface area (Å²) in [5, 5.41) is 8.27. The first-order chi connectivity index (χ1) is 15.0. The molecule has 0 unspecified atom stereocenters. The predicted octanol–water partition coefficient (Wildman–Crippen LogP) is 3.73. The molecule has 4 rings (SSSR count). The minimum absolute atomic E-state index is 0.118. The summed E-state index contributed by atoms with van der Waals surface area (Å²) < 4.78 is 6.74. The fourth-order valence-electron chi connectivity index (χ4n) is 2.90. The first-order valence-electron chi connectivity index (χ1n) is 9.66. The Kier molecular flexibility index (Phi) is 6.29. The van der Waals surface area contributed by atoms with Crippen LogP contribution in [0.15, 0.2) is 59.4 Å². The molecule has 0 aliphatic carbocycles. The molecule has 0 saturated carbocycles.